The second-order valence-electron chi connectivity index (χ2n) is 12.9. The zero-order valence-corrected chi connectivity index (χ0v) is 22.5. The number of hydrazone groups is 1. The molecule has 1 aromatic rings. The Hall–Kier alpha value is -3.57. The molecular formula is C27H35N5O7. The fourth-order valence-electron chi connectivity index (χ4n) is 9.12. The van der Waals surface area contributed by atoms with Crippen molar-refractivity contribution in [3.8, 4) is 0 Å². The molecule has 0 radical (unpaired) electrons. The highest BCUT2D eigenvalue weighted by molar-refractivity contribution is 5.96. The van der Waals surface area contributed by atoms with E-state index in [1.54, 1.807) is 0 Å². The molecule has 4 aliphatic carbocycles. The Morgan fingerprint density at radius 2 is 1.74 bits per heavy atom. The van der Waals surface area contributed by atoms with Crippen molar-refractivity contribution in [3.63, 3.8) is 0 Å². The van der Waals surface area contributed by atoms with Crippen molar-refractivity contribution in [2.24, 2.45) is 38.6 Å². The van der Waals surface area contributed by atoms with Gasteiger partial charge in [-0.3, -0.25) is 25.0 Å². The fourth-order valence-corrected chi connectivity index (χ4v) is 9.12. The molecule has 5 rings (SSSR count). The van der Waals surface area contributed by atoms with Gasteiger partial charge in [0.15, 0.2) is 0 Å². The average molecular weight is 542 g/mol. The van der Waals surface area contributed by atoms with E-state index in [9.17, 15) is 34.9 Å². The molecule has 12 nitrogen and oxygen atoms in total. The summed E-state index contributed by atoms with van der Waals surface area (Å²) in [4.78, 5) is 45.9. The van der Waals surface area contributed by atoms with Crippen LogP contribution in [0.15, 0.2) is 23.3 Å². The number of benzene rings is 1. The zero-order chi connectivity index (χ0) is 28.4. The van der Waals surface area contributed by atoms with Crippen LogP contribution in [0.5, 0.6) is 0 Å². The number of carbonyl (C=O) groups excluding carboxylic acids is 1. The monoisotopic (exact) mass is 541 g/mol. The van der Waals surface area contributed by atoms with Gasteiger partial charge in [-0.2, -0.15) is 5.10 Å². The summed E-state index contributed by atoms with van der Waals surface area (Å²) in [5, 5.41) is 39.4. The van der Waals surface area contributed by atoms with Crippen LogP contribution in [0, 0.1) is 53.7 Å². The number of aliphatic carboxylic acids is 1. The number of nitro benzene ring substituents is 2. The second kappa shape index (κ2) is 8.99. The molecule has 0 saturated heterocycles. The maximum atomic E-state index is 12.7. The first kappa shape index (κ1) is 27.0. The number of carboxylic acid groups (broad SMARTS) is 1. The van der Waals surface area contributed by atoms with E-state index in [-0.39, 0.29) is 27.9 Å². The number of carboxylic acids is 1. The van der Waals surface area contributed by atoms with Crippen LogP contribution in [-0.2, 0) is 4.79 Å². The largest absolute Gasteiger partial charge is 0.481 e. The van der Waals surface area contributed by atoms with E-state index >= 15 is 0 Å². The highest BCUT2D eigenvalue weighted by Crippen LogP contribution is 2.73. The minimum absolute atomic E-state index is 0.0170. The fraction of sp³-hybridized carbons (Fsp3) is 0.667. The molecule has 0 aliphatic heterocycles. The molecule has 4 saturated carbocycles. The van der Waals surface area contributed by atoms with Crippen molar-refractivity contribution in [1.29, 1.82) is 0 Å². The molecule has 0 heterocycles. The summed E-state index contributed by atoms with van der Waals surface area (Å²) in [6.45, 7) is 6.42. The lowest BCUT2D eigenvalue weighted by Gasteiger charge is -2.63. The Labute approximate surface area is 225 Å². The van der Waals surface area contributed by atoms with Gasteiger partial charge in [-0.05, 0) is 87.0 Å². The molecule has 39 heavy (non-hydrogen) atoms. The molecule has 3 N–H and O–H groups in total. The van der Waals surface area contributed by atoms with Gasteiger partial charge in [0.05, 0.1) is 21.3 Å². The number of amides is 2. The molecule has 6 atom stereocenters. The SMILES string of the molecule is C[C@@]12CC[C@H]3[C@@](CC[C@H]4[C@@]3(C)CCC[C@@]4(C)C(=O)O)(C/C1=N\NC(=O)Nc1ccc([N+](=O)[O-])cc1[N+](=O)[O-])C2. The zero-order valence-electron chi connectivity index (χ0n) is 22.5. The van der Waals surface area contributed by atoms with Gasteiger partial charge in [0.2, 0.25) is 0 Å². The van der Waals surface area contributed by atoms with Crippen molar-refractivity contribution < 1.29 is 24.5 Å². The molecule has 0 unspecified atom stereocenters. The molecule has 4 fully saturated rings. The van der Waals surface area contributed by atoms with Crippen LogP contribution < -0.4 is 10.7 Å². The van der Waals surface area contributed by atoms with Crippen LogP contribution in [0.2, 0.25) is 0 Å². The Morgan fingerprint density at radius 3 is 2.41 bits per heavy atom. The van der Waals surface area contributed by atoms with Gasteiger partial charge in [0, 0.05) is 17.2 Å². The minimum Gasteiger partial charge on any atom is -0.481 e. The maximum Gasteiger partial charge on any atom is 0.339 e. The number of nitro groups is 2. The van der Waals surface area contributed by atoms with E-state index in [1.165, 1.54) is 0 Å². The molecular weight excluding hydrogens is 506 g/mol. The van der Waals surface area contributed by atoms with Crippen molar-refractivity contribution in [3.05, 3.63) is 38.4 Å². The van der Waals surface area contributed by atoms with Gasteiger partial charge >= 0.3 is 12.0 Å². The Morgan fingerprint density at radius 1 is 1.03 bits per heavy atom. The predicted molar refractivity (Wildman–Crippen MR) is 142 cm³/mol. The first-order valence-corrected chi connectivity index (χ1v) is 13.5. The third-order valence-corrected chi connectivity index (χ3v) is 10.8. The van der Waals surface area contributed by atoms with E-state index in [1.807, 2.05) is 6.92 Å². The van der Waals surface area contributed by atoms with Crippen molar-refractivity contribution >= 4 is 34.8 Å². The number of rotatable bonds is 5. The smallest absolute Gasteiger partial charge is 0.339 e. The summed E-state index contributed by atoms with van der Waals surface area (Å²) in [6, 6.07) is 2.26. The number of fused-ring (bicyclic) bond motifs is 3. The molecule has 2 amide bonds. The lowest BCUT2D eigenvalue weighted by Crippen LogP contribution is -2.58. The number of hydrogen-bond donors (Lipinski definition) is 3. The molecule has 1 aromatic carbocycles. The van der Waals surface area contributed by atoms with Gasteiger partial charge in [-0.1, -0.05) is 20.3 Å². The molecule has 1 spiro atoms. The van der Waals surface area contributed by atoms with Crippen molar-refractivity contribution in [2.45, 2.75) is 78.6 Å². The number of nitrogens with one attached hydrogen (secondary N) is 2. The number of urea groups is 1. The van der Waals surface area contributed by atoms with Crippen LogP contribution >= 0.6 is 0 Å². The van der Waals surface area contributed by atoms with Crippen LogP contribution in [-0.4, -0.2) is 32.7 Å². The summed E-state index contributed by atoms with van der Waals surface area (Å²) in [7, 11) is 0. The number of nitrogens with zero attached hydrogens (tertiary/aromatic N) is 3. The first-order chi connectivity index (χ1) is 18.2. The number of non-ortho nitro benzene ring substituents is 1. The summed E-state index contributed by atoms with van der Waals surface area (Å²) in [5.41, 5.74) is 1.29. The first-order valence-electron chi connectivity index (χ1n) is 13.5. The lowest BCUT2D eigenvalue weighted by atomic mass is 9.40. The quantitative estimate of drug-likeness (QED) is 0.308. The summed E-state index contributed by atoms with van der Waals surface area (Å²) in [5.74, 6) is -0.161. The molecule has 210 valence electrons. The number of carbonyl (C=O) groups is 2. The predicted octanol–water partition coefficient (Wildman–Crippen LogP) is 5.87. The highest BCUT2D eigenvalue weighted by Gasteiger charge is 2.67. The van der Waals surface area contributed by atoms with Gasteiger partial charge in [-0.15, -0.1) is 0 Å². The van der Waals surface area contributed by atoms with Crippen LogP contribution in [0.3, 0.4) is 0 Å². The lowest BCUT2D eigenvalue weighted by molar-refractivity contribution is -0.393. The molecule has 4 aliphatic rings. The van der Waals surface area contributed by atoms with Gasteiger partial charge in [0.1, 0.15) is 5.69 Å². The van der Waals surface area contributed by atoms with E-state index < -0.39 is 38.6 Å². The number of anilines is 1. The third kappa shape index (κ3) is 4.15. The Bertz CT molecular complexity index is 1300. The maximum absolute atomic E-state index is 12.7. The van der Waals surface area contributed by atoms with E-state index in [4.69, 9.17) is 0 Å². The Kier molecular flexibility index (Phi) is 6.23. The minimum atomic E-state index is -0.785. The topological polar surface area (TPSA) is 177 Å². The van der Waals surface area contributed by atoms with Crippen LogP contribution in [0.4, 0.5) is 21.9 Å². The summed E-state index contributed by atoms with van der Waals surface area (Å²) >= 11 is 0. The summed E-state index contributed by atoms with van der Waals surface area (Å²) < 4.78 is 0. The van der Waals surface area contributed by atoms with E-state index in [0.29, 0.717) is 5.92 Å². The van der Waals surface area contributed by atoms with Gasteiger partial charge in [-0.25, -0.2) is 10.2 Å². The van der Waals surface area contributed by atoms with Crippen LogP contribution in [0.25, 0.3) is 0 Å². The van der Waals surface area contributed by atoms with E-state index in [0.717, 1.165) is 81.7 Å². The standard InChI is InChI=1S/C27H35N5O7/c1-24-11-7-20-25(2)9-4-10-26(3,22(33)34)19(25)8-12-27(20,15-24)14-21(24)29-30-23(35)28-17-6-5-16(31(36)37)13-18(17)32(38)39/h5-6,13,19-20H,4,7-12,14-15H2,1-3H3,(H,33,34)(H2,28,30,35)/b29-21+/t19-,20+,24-,25+,26+,27-/m0/s1. The van der Waals surface area contributed by atoms with E-state index in [2.05, 4.69) is 29.7 Å². The Balaban J connectivity index is 1.35. The molecule has 0 aromatic heterocycles. The highest BCUT2D eigenvalue weighted by atomic mass is 16.6. The van der Waals surface area contributed by atoms with Crippen molar-refractivity contribution in [1.82, 2.24) is 5.43 Å². The third-order valence-electron chi connectivity index (χ3n) is 10.8. The average Bonchev–Trinajstić information content (AvgIpc) is 3.06. The molecule has 2 bridgehead atoms. The van der Waals surface area contributed by atoms with Crippen LogP contribution in [0.1, 0.15) is 78.6 Å². The van der Waals surface area contributed by atoms with Gasteiger partial charge < -0.3 is 10.4 Å². The van der Waals surface area contributed by atoms with Gasteiger partial charge in [0.25, 0.3) is 11.4 Å². The van der Waals surface area contributed by atoms with Crippen molar-refractivity contribution in [2.75, 3.05) is 5.32 Å². The number of hydrogen-bond acceptors (Lipinski definition) is 7. The normalized spacial score (nSPS) is 37.9. The molecule has 12 heteroatoms. The second-order valence-corrected chi connectivity index (χ2v) is 12.9. The summed E-state index contributed by atoms with van der Waals surface area (Å²) in [6.07, 6.45) is 8.07.